The zero-order valence-electron chi connectivity index (χ0n) is 13.9. The van der Waals surface area contributed by atoms with E-state index in [4.69, 9.17) is 11.6 Å². The first-order valence-corrected chi connectivity index (χ1v) is 8.34. The van der Waals surface area contributed by atoms with Crippen molar-refractivity contribution in [2.45, 2.75) is 6.54 Å². The van der Waals surface area contributed by atoms with Crippen molar-refractivity contribution in [1.82, 2.24) is 35.4 Å². The highest BCUT2D eigenvalue weighted by atomic mass is 35.5. The monoisotopic (exact) mass is 380 g/mol. The van der Waals surface area contributed by atoms with Gasteiger partial charge in [-0.25, -0.2) is 14.6 Å². The van der Waals surface area contributed by atoms with Crippen LogP contribution in [0.15, 0.2) is 55.1 Å². The molecule has 0 saturated heterocycles. The fourth-order valence-corrected chi connectivity index (χ4v) is 2.66. The van der Waals surface area contributed by atoms with Crippen molar-refractivity contribution < 1.29 is 4.79 Å². The van der Waals surface area contributed by atoms with E-state index in [-0.39, 0.29) is 5.91 Å². The number of aromatic nitrogens is 6. The maximum Gasteiger partial charge on any atom is 0.269 e. The van der Waals surface area contributed by atoms with Crippen LogP contribution in [0, 0.1) is 0 Å². The lowest BCUT2D eigenvalue weighted by Gasteiger charge is -2.08. The molecule has 0 aliphatic heterocycles. The number of benzene rings is 1. The number of anilines is 1. The molecule has 27 heavy (non-hydrogen) atoms. The van der Waals surface area contributed by atoms with Crippen molar-refractivity contribution in [2.24, 2.45) is 0 Å². The van der Waals surface area contributed by atoms with Crippen LogP contribution in [0.25, 0.3) is 11.2 Å². The second kappa shape index (κ2) is 7.34. The number of halogens is 1. The Labute approximate surface area is 158 Å². The summed E-state index contributed by atoms with van der Waals surface area (Å²) >= 11 is 6.21. The molecular formula is C17H13ClN8O. The number of amides is 1. The van der Waals surface area contributed by atoms with Gasteiger partial charge in [-0.2, -0.15) is 0 Å². The highest BCUT2D eigenvalue weighted by molar-refractivity contribution is 6.31. The maximum atomic E-state index is 12.1. The van der Waals surface area contributed by atoms with Crippen LogP contribution in [0.2, 0.25) is 5.02 Å². The summed E-state index contributed by atoms with van der Waals surface area (Å²) in [6.45, 7) is 0.413. The third-order valence-corrected chi connectivity index (χ3v) is 4.18. The van der Waals surface area contributed by atoms with Gasteiger partial charge in [0.25, 0.3) is 5.91 Å². The number of hydrazine groups is 1. The molecular weight excluding hydrogens is 368 g/mol. The molecule has 0 spiro atoms. The summed E-state index contributed by atoms with van der Waals surface area (Å²) in [5.41, 5.74) is 7.64. The molecule has 0 fully saturated rings. The predicted octanol–water partition coefficient (Wildman–Crippen LogP) is 2.07. The summed E-state index contributed by atoms with van der Waals surface area (Å²) in [7, 11) is 0. The van der Waals surface area contributed by atoms with Crippen molar-refractivity contribution >= 4 is 34.5 Å². The van der Waals surface area contributed by atoms with E-state index in [1.54, 1.807) is 16.8 Å². The number of fused-ring (bicyclic) bond motifs is 1. The second-order valence-corrected chi connectivity index (χ2v) is 5.96. The van der Waals surface area contributed by atoms with E-state index in [2.05, 4.69) is 36.1 Å². The fraction of sp³-hybridized carbons (Fsp3) is 0.0588. The number of hydrogen-bond donors (Lipinski definition) is 2. The number of nitrogens with one attached hydrogen (secondary N) is 2. The second-order valence-electron chi connectivity index (χ2n) is 5.55. The van der Waals surface area contributed by atoms with Crippen LogP contribution in [0.4, 0.5) is 5.82 Å². The van der Waals surface area contributed by atoms with Gasteiger partial charge in [0.05, 0.1) is 6.54 Å². The van der Waals surface area contributed by atoms with Crippen LogP contribution in [-0.4, -0.2) is 35.9 Å². The van der Waals surface area contributed by atoms with Crippen molar-refractivity contribution in [1.29, 1.82) is 0 Å². The fourth-order valence-electron chi connectivity index (χ4n) is 2.47. The highest BCUT2D eigenvalue weighted by Gasteiger charge is 2.14. The van der Waals surface area contributed by atoms with Gasteiger partial charge >= 0.3 is 0 Å². The van der Waals surface area contributed by atoms with E-state index < -0.39 is 0 Å². The molecule has 0 radical (unpaired) electrons. The van der Waals surface area contributed by atoms with Crippen molar-refractivity contribution in [2.75, 3.05) is 5.43 Å². The SMILES string of the molecule is O=C(NNc1ncnc2c1nnn2Cc1ccccc1Cl)c1ccncc1. The average Bonchev–Trinajstić information content (AvgIpc) is 3.12. The smallest absolute Gasteiger partial charge is 0.269 e. The minimum Gasteiger partial charge on any atom is -0.280 e. The summed E-state index contributed by atoms with van der Waals surface area (Å²) in [6.07, 6.45) is 4.45. The van der Waals surface area contributed by atoms with Gasteiger partial charge in [0.15, 0.2) is 17.0 Å². The molecule has 0 aliphatic carbocycles. The Balaban J connectivity index is 1.56. The van der Waals surface area contributed by atoms with E-state index in [1.165, 1.54) is 18.7 Å². The molecule has 3 aromatic heterocycles. The van der Waals surface area contributed by atoms with E-state index >= 15 is 0 Å². The first-order valence-electron chi connectivity index (χ1n) is 7.96. The first kappa shape index (κ1) is 16.9. The molecule has 10 heteroatoms. The van der Waals surface area contributed by atoms with Gasteiger partial charge in [-0.1, -0.05) is 35.0 Å². The molecule has 134 valence electrons. The lowest BCUT2D eigenvalue weighted by molar-refractivity contribution is 0.0962. The summed E-state index contributed by atoms with van der Waals surface area (Å²) in [5, 5.41) is 8.88. The Kier molecular flexibility index (Phi) is 4.58. The predicted molar refractivity (Wildman–Crippen MR) is 99.0 cm³/mol. The molecule has 0 bridgehead atoms. The van der Waals surface area contributed by atoms with Crippen molar-refractivity contribution in [3.8, 4) is 0 Å². The standard InChI is InChI=1S/C17H13ClN8O/c18-13-4-2-1-3-12(13)9-26-16-14(22-25-26)15(20-10-21-16)23-24-17(27)11-5-7-19-8-6-11/h1-8,10H,9H2,(H,24,27)(H,20,21,23). The lowest BCUT2D eigenvalue weighted by atomic mass is 10.2. The van der Waals surface area contributed by atoms with E-state index in [9.17, 15) is 4.79 Å². The van der Waals surface area contributed by atoms with Gasteiger partial charge in [0.1, 0.15) is 6.33 Å². The minimum absolute atomic E-state index is 0.326. The lowest BCUT2D eigenvalue weighted by Crippen LogP contribution is -2.30. The zero-order chi connectivity index (χ0) is 18.6. The third kappa shape index (κ3) is 3.53. The number of hydrogen-bond acceptors (Lipinski definition) is 7. The van der Waals surface area contributed by atoms with Crippen molar-refractivity contribution in [3.63, 3.8) is 0 Å². The molecule has 4 rings (SSSR count). The number of carbonyl (C=O) groups is 1. The number of rotatable bonds is 5. The van der Waals surface area contributed by atoms with E-state index in [0.717, 1.165) is 5.56 Å². The maximum absolute atomic E-state index is 12.1. The molecule has 0 aliphatic rings. The van der Waals surface area contributed by atoms with Gasteiger partial charge in [0, 0.05) is 23.0 Å². The molecule has 0 atom stereocenters. The number of carbonyl (C=O) groups excluding carboxylic acids is 1. The Hall–Kier alpha value is -3.59. The van der Waals surface area contributed by atoms with Crippen LogP contribution in [-0.2, 0) is 6.54 Å². The van der Waals surface area contributed by atoms with Gasteiger partial charge in [-0.05, 0) is 23.8 Å². The average molecular weight is 381 g/mol. The zero-order valence-corrected chi connectivity index (χ0v) is 14.6. The molecule has 3 heterocycles. The Morgan fingerprint density at radius 2 is 1.93 bits per heavy atom. The number of pyridine rings is 1. The van der Waals surface area contributed by atoms with Gasteiger partial charge < -0.3 is 0 Å². The van der Waals surface area contributed by atoms with Gasteiger partial charge in [-0.3, -0.25) is 20.6 Å². The Morgan fingerprint density at radius 3 is 2.74 bits per heavy atom. The van der Waals surface area contributed by atoms with Crippen LogP contribution in [0.5, 0.6) is 0 Å². The third-order valence-electron chi connectivity index (χ3n) is 3.82. The topological polar surface area (TPSA) is 111 Å². The van der Waals surface area contributed by atoms with Crippen molar-refractivity contribution in [3.05, 3.63) is 71.3 Å². The quantitative estimate of drug-likeness (QED) is 0.510. The molecule has 2 N–H and O–H groups in total. The largest absolute Gasteiger partial charge is 0.280 e. The normalized spacial score (nSPS) is 10.7. The van der Waals surface area contributed by atoms with E-state index in [0.29, 0.717) is 34.1 Å². The molecule has 4 aromatic rings. The summed E-state index contributed by atoms with van der Waals surface area (Å²) in [4.78, 5) is 24.4. The first-order chi connectivity index (χ1) is 13.2. The molecule has 0 saturated carbocycles. The van der Waals surface area contributed by atoms with Crippen LogP contribution in [0.3, 0.4) is 0 Å². The Bertz CT molecular complexity index is 1100. The van der Waals surface area contributed by atoms with Gasteiger partial charge in [0.2, 0.25) is 0 Å². The van der Waals surface area contributed by atoms with Crippen LogP contribution in [0.1, 0.15) is 15.9 Å². The van der Waals surface area contributed by atoms with Crippen LogP contribution < -0.4 is 10.9 Å². The summed E-state index contributed by atoms with van der Waals surface area (Å²) in [6, 6.07) is 10.7. The molecule has 1 amide bonds. The van der Waals surface area contributed by atoms with E-state index in [1.807, 2.05) is 24.3 Å². The molecule has 0 unspecified atom stereocenters. The molecule has 9 nitrogen and oxygen atoms in total. The summed E-state index contributed by atoms with van der Waals surface area (Å²) in [5.74, 6) is 0.0143. The van der Waals surface area contributed by atoms with Crippen LogP contribution >= 0.6 is 11.6 Å². The molecule has 1 aromatic carbocycles. The highest BCUT2D eigenvalue weighted by Crippen LogP contribution is 2.19. The summed E-state index contributed by atoms with van der Waals surface area (Å²) < 4.78 is 1.62. The minimum atomic E-state index is -0.326. The number of nitrogens with zero attached hydrogens (tertiary/aromatic N) is 6. The van der Waals surface area contributed by atoms with Gasteiger partial charge in [-0.15, -0.1) is 5.10 Å². The Morgan fingerprint density at radius 1 is 1.11 bits per heavy atom.